The lowest BCUT2D eigenvalue weighted by Gasteiger charge is -2.21. The fourth-order valence-electron chi connectivity index (χ4n) is 1.48. The van der Waals surface area contributed by atoms with Crippen molar-refractivity contribution >= 4 is 21.6 Å². The van der Waals surface area contributed by atoms with E-state index < -0.39 is 10.0 Å². The van der Waals surface area contributed by atoms with E-state index in [1.54, 1.807) is 0 Å². The van der Waals surface area contributed by atoms with Crippen LogP contribution in [-0.2, 0) is 10.0 Å². The van der Waals surface area contributed by atoms with Crippen molar-refractivity contribution < 1.29 is 8.42 Å². The van der Waals surface area contributed by atoms with Crippen molar-refractivity contribution in [2.24, 2.45) is 11.8 Å². The Morgan fingerprint density at radius 2 is 2.19 bits per heavy atom. The summed E-state index contributed by atoms with van der Waals surface area (Å²) in [5.74, 6) is 3.33. The minimum atomic E-state index is -3.24. The number of alkyl halides is 1. The summed E-state index contributed by atoms with van der Waals surface area (Å²) in [6, 6.07) is 0. The molecule has 0 aliphatic heterocycles. The average molecular weight is 264 g/mol. The first-order valence-electron chi connectivity index (χ1n) is 5.47. The molecule has 0 heterocycles. The Kier molecular flexibility index (Phi) is 5.10. The standard InChI is InChI=1S/C11H18ClNO2S/c1-3-6-13(8-11-4-5-11)16(14,15)9-10(2)7-12/h1,10-11H,4-9H2,2H3. The molecule has 0 N–H and O–H groups in total. The molecule has 0 saturated heterocycles. The van der Waals surface area contributed by atoms with Crippen molar-refractivity contribution in [1.29, 1.82) is 0 Å². The van der Waals surface area contributed by atoms with Gasteiger partial charge >= 0.3 is 0 Å². The molecular weight excluding hydrogens is 246 g/mol. The van der Waals surface area contributed by atoms with E-state index in [-0.39, 0.29) is 18.2 Å². The molecule has 1 rings (SSSR count). The number of terminal acetylenes is 1. The number of hydrogen-bond donors (Lipinski definition) is 0. The molecule has 1 aliphatic carbocycles. The van der Waals surface area contributed by atoms with Gasteiger partial charge in [-0.2, -0.15) is 4.31 Å². The Labute approximate surface area is 103 Å². The van der Waals surface area contributed by atoms with E-state index in [2.05, 4.69) is 5.92 Å². The summed E-state index contributed by atoms with van der Waals surface area (Å²) in [7, 11) is -3.24. The SMILES string of the molecule is C#CCN(CC1CC1)S(=O)(=O)CC(C)CCl. The first-order valence-corrected chi connectivity index (χ1v) is 7.61. The summed E-state index contributed by atoms with van der Waals surface area (Å²) in [5.41, 5.74) is 0. The molecule has 1 unspecified atom stereocenters. The third-order valence-corrected chi connectivity index (χ3v) is 5.16. The third kappa shape index (κ3) is 4.32. The van der Waals surface area contributed by atoms with Crippen LogP contribution in [0.5, 0.6) is 0 Å². The Hall–Kier alpha value is -0.240. The second-order valence-corrected chi connectivity index (χ2v) is 6.80. The van der Waals surface area contributed by atoms with Crippen LogP contribution in [0, 0.1) is 24.2 Å². The second kappa shape index (κ2) is 5.90. The largest absolute Gasteiger partial charge is 0.215 e. The van der Waals surface area contributed by atoms with Crippen LogP contribution < -0.4 is 0 Å². The summed E-state index contributed by atoms with van der Waals surface area (Å²) >= 11 is 5.63. The molecule has 16 heavy (non-hydrogen) atoms. The Bertz CT molecular complexity index is 357. The zero-order chi connectivity index (χ0) is 12.2. The quantitative estimate of drug-likeness (QED) is 0.516. The minimum absolute atomic E-state index is 0.0360. The number of sulfonamides is 1. The molecule has 1 aliphatic rings. The molecule has 1 saturated carbocycles. The smallest absolute Gasteiger partial charge is 0.212 e. The van der Waals surface area contributed by atoms with Gasteiger partial charge in [-0.05, 0) is 24.7 Å². The Balaban J connectivity index is 2.63. The fraction of sp³-hybridized carbons (Fsp3) is 0.818. The molecule has 5 heteroatoms. The minimum Gasteiger partial charge on any atom is -0.212 e. The van der Waals surface area contributed by atoms with Crippen molar-refractivity contribution in [3.05, 3.63) is 0 Å². The molecule has 0 aromatic rings. The summed E-state index contributed by atoms with van der Waals surface area (Å²) in [6.07, 6.45) is 7.43. The highest BCUT2D eigenvalue weighted by Crippen LogP contribution is 2.30. The highest BCUT2D eigenvalue weighted by Gasteiger charge is 2.30. The highest BCUT2D eigenvalue weighted by molar-refractivity contribution is 7.89. The lowest BCUT2D eigenvalue weighted by Crippen LogP contribution is -2.37. The van der Waals surface area contributed by atoms with Gasteiger partial charge in [0.25, 0.3) is 0 Å². The van der Waals surface area contributed by atoms with Crippen LogP contribution in [0.2, 0.25) is 0 Å². The maximum atomic E-state index is 12.0. The summed E-state index contributed by atoms with van der Waals surface area (Å²) < 4.78 is 25.5. The number of rotatable bonds is 7. The first kappa shape index (κ1) is 13.8. The maximum absolute atomic E-state index is 12.0. The van der Waals surface area contributed by atoms with Gasteiger partial charge < -0.3 is 0 Å². The van der Waals surface area contributed by atoms with Gasteiger partial charge in [-0.15, -0.1) is 18.0 Å². The van der Waals surface area contributed by atoms with E-state index in [4.69, 9.17) is 18.0 Å². The van der Waals surface area contributed by atoms with Gasteiger partial charge in [0.15, 0.2) is 0 Å². The molecule has 0 aromatic carbocycles. The van der Waals surface area contributed by atoms with Crippen LogP contribution in [0.25, 0.3) is 0 Å². The van der Waals surface area contributed by atoms with Crippen molar-refractivity contribution in [3.63, 3.8) is 0 Å². The van der Waals surface area contributed by atoms with Gasteiger partial charge in [0.2, 0.25) is 10.0 Å². The second-order valence-electron chi connectivity index (χ2n) is 4.48. The molecule has 0 amide bonds. The Morgan fingerprint density at radius 3 is 2.62 bits per heavy atom. The third-order valence-electron chi connectivity index (χ3n) is 2.58. The van der Waals surface area contributed by atoms with Gasteiger partial charge in [-0.25, -0.2) is 8.42 Å². The van der Waals surface area contributed by atoms with Crippen LogP contribution in [0.3, 0.4) is 0 Å². The summed E-state index contributed by atoms with van der Waals surface area (Å²) in [5, 5.41) is 0. The maximum Gasteiger partial charge on any atom is 0.215 e. The van der Waals surface area contributed by atoms with Gasteiger partial charge in [-0.3, -0.25) is 0 Å². The van der Waals surface area contributed by atoms with Gasteiger partial charge in [-0.1, -0.05) is 12.8 Å². The lowest BCUT2D eigenvalue weighted by molar-refractivity contribution is 0.425. The first-order chi connectivity index (χ1) is 7.49. The van der Waals surface area contributed by atoms with Crippen molar-refractivity contribution in [2.75, 3.05) is 24.7 Å². The molecule has 0 bridgehead atoms. The van der Waals surface area contributed by atoms with Gasteiger partial charge in [0.05, 0.1) is 12.3 Å². The number of hydrogen-bond acceptors (Lipinski definition) is 2. The summed E-state index contributed by atoms with van der Waals surface area (Å²) in [4.78, 5) is 0. The predicted molar refractivity (Wildman–Crippen MR) is 66.8 cm³/mol. The molecule has 0 radical (unpaired) electrons. The van der Waals surface area contributed by atoms with E-state index >= 15 is 0 Å². The van der Waals surface area contributed by atoms with Crippen LogP contribution in [0.4, 0.5) is 0 Å². The van der Waals surface area contributed by atoms with E-state index in [9.17, 15) is 8.42 Å². The van der Waals surface area contributed by atoms with Crippen molar-refractivity contribution in [1.82, 2.24) is 4.31 Å². The van der Waals surface area contributed by atoms with Crippen LogP contribution in [-0.4, -0.2) is 37.4 Å². The Morgan fingerprint density at radius 1 is 1.56 bits per heavy atom. The fourth-order valence-corrected chi connectivity index (χ4v) is 3.47. The van der Waals surface area contributed by atoms with Crippen molar-refractivity contribution in [2.45, 2.75) is 19.8 Å². The average Bonchev–Trinajstić information content (AvgIpc) is 3.00. The molecule has 92 valence electrons. The van der Waals surface area contributed by atoms with Crippen LogP contribution in [0.15, 0.2) is 0 Å². The van der Waals surface area contributed by atoms with E-state index in [0.717, 1.165) is 12.8 Å². The predicted octanol–water partition coefficient (Wildman–Crippen LogP) is 1.54. The highest BCUT2D eigenvalue weighted by atomic mass is 35.5. The molecule has 1 fully saturated rings. The van der Waals surface area contributed by atoms with Crippen LogP contribution >= 0.6 is 11.6 Å². The molecular formula is C11H18ClNO2S. The van der Waals surface area contributed by atoms with Gasteiger partial charge in [0.1, 0.15) is 0 Å². The number of nitrogens with zero attached hydrogens (tertiary/aromatic N) is 1. The van der Waals surface area contributed by atoms with E-state index in [0.29, 0.717) is 18.3 Å². The van der Waals surface area contributed by atoms with E-state index in [1.165, 1.54) is 4.31 Å². The molecule has 0 spiro atoms. The monoisotopic (exact) mass is 263 g/mol. The molecule has 3 nitrogen and oxygen atoms in total. The molecule has 0 aromatic heterocycles. The normalized spacial score (nSPS) is 18.4. The summed E-state index contributed by atoms with van der Waals surface area (Å²) in [6.45, 7) is 2.57. The zero-order valence-corrected chi connectivity index (χ0v) is 11.1. The number of halogens is 1. The lowest BCUT2D eigenvalue weighted by atomic mass is 10.3. The van der Waals surface area contributed by atoms with E-state index in [1.807, 2.05) is 6.92 Å². The zero-order valence-electron chi connectivity index (χ0n) is 9.52. The van der Waals surface area contributed by atoms with Crippen LogP contribution in [0.1, 0.15) is 19.8 Å². The van der Waals surface area contributed by atoms with Gasteiger partial charge in [0, 0.05) is 12.4 Å². The molecule has 1 atom stereocenters. The van der Waals surface area contributed by atoms with Crippen molar-refractivity contribution in [3.8, 4) is 12.3 Å². The topological polar surface area (TPSA) is 37.4 Å².